The van der Waals surface area contributed by atoms with Gasteiger partial charge in [0.2, 0.25) is 0 Å². The Bertz CT molecular complexity index is 467. The topological polar surface area (TPSA) is 76.7 Å². The lowest BCUT2D eigenvalue weighted by Gasteiger charge is -2.13. The summed E-state index contributed by atoms with van der Waals surface area (Å²) in [5, 5.41) is 5.41. The molecule has 1 atom stereocenters. The molecule has 2 N–H and O–H groups in total. The summed E-state index contributed by atoms with van der Waals surface area (Å²) in [4.78, 5) is 23.2. The van der Waals surface area contributed by atoms with E-state index < -0.39 is 0 Å². The van der Waals surface area contributed by atoms with Gasteiger partial charge in [0.25, 0.3) is 0 Å². The molecule has 108 valence electrons. The number of esters is 1. The molecule has 0 bridgehead atoms. The van der Waals surface area contributed by atoms with Crippen molar-refractivity contribution in [3.8, 4) is 0 Å². The van der Waals surface area contributed by atoms with Crippen molar-refractivity contribution in [2.45, 2.75) is 26.0 Å². The maximum atomic E-state index is 11.7. The van der Waals surface area contributed by atoms with Gasteiger partial charge < -0.3 is 20.1 Å². The van der Waals surface area contributed by atoms with Gasteiger partial charge in [0.15, 0.2) is 0 Å². The highest BCUT2D eigenvalue weighted by Crippen LogP contribution is 2.12. The first kappa shape index (κ1) is 14.3. The molecule has 0 aliphatic carbocycles. The fraction of sp³-hybridized carbons (Fsp3) is 0.429. The number of hydrogen-bond acceptors (Lipinski definition) is 4. The molecule has 0 saturated carbocycles. The van der Waals surface area contributed by atoms with Crippen molar-refractivity contribution < 1.29 is 19.1 Å². The smallest absolute Gasteiger partial charge is 0.338 e. The van der Waals surface area contributed by atoms with Crippen LogP contribution in [0.2, 0.25) is 0 Å². The standard InChI is InChI=1S/C14H18N2O4/c1-2-19-13(17)10-5-7-11(8-6-10)15-14(18)16-12-4-3-9-20-12/h5-8,12H,2-4,9H2,1H3,(H2,15,16,18). The number of ether oxygens (including phenoxy) is 2. The highest BCUT2D eigenvalue weighted by Gasteiger charge is 2.17. The van der Waals surface area contributed by atoms with Gasteiger partial charge in [0, 0.05) is 12.3 Å². The summed E-state index contributed by atoms with van der Waals surface area (Å²) in [6.45, 7) is 2.77. The number of hydrogen-bond donors (Lipinski definition) is 2. The first-order chi connectivity index (χ1) is 9.69. The number of carbonyl (C=O) groups is 2. The van der Waals surface area contributed by atoms with Gasteiger partial charge in [-0.15, -0.1) is 0 Å². The van der Waals surface area contributed by atoms with Crippen LogP contribution >= 0.6 is 0 Å². The zero-order chi connectivity index (χ0) is 14.4. The Hall–Kier alpha value is -2.08. The number of rotatable bonds is 4. The molecule has 1 unspecified atom stereocenters. The second kappa shape index (κ2) is 6.91. The number of carbonyl (C=O) groups excluding carboxylic acids is 2. The first-order valence-corrected chi connectivity index (χ1v) is 6.65. The van der Waals surface area contributed by atoms with Crippen LogP contribution in [0.25, 0.3) is 0 Å². The van der Waals surface area contributed by atoms with E-state index in [1.54, 1.807) is 31.2 Å². The lowest BCUT2D eigenvalue weighted by molar-refractivity contribution is 0.0526. The summed E-state index contributed by atoms with van der Waals surface area (Å²) in [7, 11) is 0. The summed E-state index contributed by atoms with van der Waals surface area (Å²) >= 11 is 0. The molecule has 6 nitrogen and oxygen atoms in total. The minimum absolute atomic E-state index is 0.214. The van der Waals surface area contributed by atoms with E-state index in [1.165, 1.54) is 0 Å². The van der Waals surface area contributed by atoms with Crippen molar-refractivity contribution in [2.24, 2.45) is 0 Å². The summed E-state index contributed by atoms with van der Waals surface area (Å²) in [5.74, 6) is -0.372. The molecule has 6 heteroatoms. The lowest BCUT2D eigenvalue weighted by atomic mass is 10.2. The third-order valence-corrected chi connectivity index (χ3v) is 2.88. The molecule has 0 aromatic heterocycles. The average Bonchev–Trinajstić information content (AvgIpc) is 2.92. The maximum Gasteiger partial charge on any atom is 0.338 e. The molecule has 0 radical (unpaired) electrons. The molecule has 1 aliphatic rings. The van der Waals surface area contributed by atoms with Gasteiger partial charge in [0.1, 0.15) is 6.23 Å². The van der Waals surface area contributed by atoms with Crippen LogP contribution in [0, 0.1) is 0 Å². The SMILES string of the molecule is CCOC(=O)c1ccc(NC(=O)NC2CCCO2)cc1. The van der Waals surface area contributed by atoms with Gasteiger partial charge in [-0.2, -0.15) is 0 Å². The van der Waals surface area contributed by atoms with Gasteiger partial charge in [-0.25, -0.2) is 9.59 Å². The Kier molecular flexibility index (Phi) is 4.95. The fourth-order valence-electron chi connectivity index (χ4n) is 1.91. The van der Waals surface area contributed by atoms with Crippen LogP contribution in [0.1, 0.15) is 30.1 Å². The minimum atomic E-state index is -0.372. The van der Waals surface area contributed by atoms with Crippen molar-refractivity contribution in [3.05, 3.63) is 29.8 Å². The number of anilines is 1. The average molecular weight is 278 g/mol. The Morgan fingerprint density at radius 2 is 2.10 bits per heavy atom. The molecule has 1 aromatic carbocycles. The zero-order valence-electron chi connectivity index (χ0n) is 11.3. The predicted octanol–water partition coefficient (Wildman–Crippen LogP) is 2.12. The number of amides is 2. The van der Waals surface area contributed by atoms with E-state index in [1.807, 2.05) is 0 Å². The maximum absolute atomic E-state index is 11.7. The molecular formula is C14H18N2O4. The van der Waals surface area contributed by atoms with E-state index in [0.29, 0.717) is 24.5 Å². The van der Waals surface area contributed by atoms with E-state index >= 15 is 0 Å². The van der Waals surface area contributed by atoms with Crippen LogP contribution in [-0.4, -0.2) is 31.4 Å². The van der Waals surface area contributed by atoms with Crippen LogP contribution in [0.3, 0.4) is 0 Å². The predicted molar refractivity (Wildman–Crippen MR) is 73.5 cm³/mol. The Balaban J connectivity index is 1.86. The van der Waals surface area contributed by atoms with E-state index in [-0.39, 0.29) is 18.2 Å². The molecule has 1 saturated heterocycles. The number of urea groups is 1. The Morgan fingerprint density at radius 1 is 1.35 bits per heavy atom. The van der Waals surface area contributed by atoms with Crippen LogP contribution in [0.5, 0.6) is 0 Å². The van der Waals surface area contributed by atoms with Crippen molar-refractivity contribution in [2.75, 3.05) is 18.5 Å². The third kappa shape index (κ3) is 3.96. The third-order valence-electron chi connectivity index (χ3n) is 2.88. The normalized spacial score (nSPS) is 17.6. The number of nitrogens with one attached hydrogen (secondary N) is 2. The van der Waals surface area contributed by atoms with Gasteiger partial charge in [-0.05, 0) is 44.0 Å². The number of benzene rings is 1. The van der Waals surface area contributed by atoms with Crippen molar-refractivity contribution >= 4 is 17.7 Å². The van der Waals surface area contributed by atoms with Crippen molar-refractivity contribution in [3.63, 3.8) is 0 Å². The second-order valence-corrected chi connectivity index (χ2v) is 4.40. The Labute approximate surface area is 117 Å². The van der Waals surface area contributed by atoms with Crippen LogP contribution in [0.4, 0.5) is 10.5 Å². The largest absolute Gasteiger partial charge is 0.462 e. The first-order valence-electron chi connectivity index (χ1n) is 6.65. The van der Waals surface area contributed by atoms with E-state index in [2.05, 4.69) is 10.6 Å². The van der Waals surface area contributed by atoms with Gasteiger partial charge >= 0.3 is 12.0 Å². The van der Waals surface area contributed by atoms with Gasteiger partial charge in [0.05, 0.1) is 12.2 Å². The highest BCUT2D eigenvalue weighted by atomic mass is 16.5. The van der Waals surface area contributed by atoms with Crippen molar-refractivity contribution in [1.82, 2.24) is 5.32 Å². The van der Waals surface area contributed by atoms with E-state index in [9.17, 15) is 9.59 Å². The van der Waals surface area contributed by atoms with Gasteiger partial charge in [-0.1, -0.05) is 0 Å². The minimum Gasteiger partial charge on any atom is -0.462 e. The van der Waals surface area contributed by atoms with Gasteiger partial charge in [-0.3, -0.25) is 0 Å². The molecule has 2 amide bonds. The summed E-state index contributed by atoms with van der Waals surface area (Å²) < 4.78 is 10.2. The summed E-state index contributed by atoms with van der Waals surface area (Å²) in [6, 6.07) is 6.21. The van der Waals surface area contributed by atoms with Crippen LogP contribution < -0.4 is 10.6 Å². The zero-order valence-corrected chi connectivity index (χ0v) is 11.3. The Morgan fingerprint density at radius 3 is 2.70 bits per heavy atom. The fourth-order valence-corrected chi connectivity index (χ4v) is 1.91. The molecule has 0 spiro atoms. The molecule has 20 heavy (non-hydrogen) atoms. The molecule has 1 heterocycles. The van der Waals surface area contributed by atoms with Crippen LogP contribution in [-0.2, 0) is 9.47 Å². The monoisotopic (exact) mass is 278 g/mol. The quantitative estimate of drug-likeness (QED) is 0.827. The van der Waals surface area contributed by atoms with Crippen LogP contribution in [0.15, 0.2) is 24.3 Å². The summed E-state index contributed by atoms with van der Waals surface area (Å²) in [6.07, 6.45) is 1.57. The molecule has 1 aromatic rings. The molecule has 1 fully saturated rings. The molecule has 1 aliphatic heterocycles. The highest BCUT2D eigenvalue weighted by molar-refractivity contribution is 5.92. The second-order valence-electron chi connectivity index (χ2n) is 4.40. The molecular weight excluding hydrogens is 260 g/mol. The van der Waals surface area contributed by atoms with Crippen molar-refractivity contribution in [1.29, 1.82) is 0 Å². The van der Waals surface area contributed by atoms with E-state index in [4.69, 9.17) is 9.47 Å². The lowest BCUT2D eigenvalue weighted by Crippen LogP contribution is -2.37. The summed E-state index contributed by atoms with van der Waals surface area (Å²) in [5.41, 5.74) is 1.06. The van der Waals surface area contributed by atoms with E-state index in [0.717, 1.165) is 12.8 Å². The molecule has 2 rings (SSSR count).